The lowest BCUT2D eigenvalue weighted by atomic mass is 9.91. The molecule has 0 bridgehead atoms. The van der Waals surface area contributed by atoms with Crippen LogP contribution >= 0.6 is 0 Å². The van der Waals surface area contributed by atoms with Crippen molar-refractivity contribution in [2.45, 2.75) is 124 Å². The first-order chi connectivity index (χ1) is 15.5. The molecule has 0 spiro atoms. The largest absolute Gasteiger partial charge is 0.456 e. The summed E-state index contributed by atoms with van der Waals surface area (Å²) in [5, 5.41) is 0. The van der Waals surface area contributed by atoms with Crippen LogP contribution in [-0.2, 0) is 28.3 Å². The second kappa shape index (κ2) is 12.3. The Morgan fingerprint density at radius 2 is 1.53 bits per heavy atom. The van der Waals surface area contributed by atoms with E-state index in [-0.39, 0.29) is 36.3 Å². The molecule has 7 heteroatoms. The van der Waals surface area contributed by atoms with Crippen LogP contribution in [-0.4, -0.2) is 37.7 Å². The van der Waals surface area contributed by atoms with Crippen LogP contribution in [0.4, 0.5) is 0 Å². The summed E-state index contributed by atoms with van der Waals surface area (Å²) in [5.74, 6) is -2.57. The fourth-order valence-corrected chi connectivity index (χ4v) is 10.8. The Kier molecular flexibility index (Phi) is 11.0. The lowest BCUT2D eigenvalue weighted by Crippen LogP contribution is -2.50. The highest BCUT2D eigenvalue weighted by molar-refractivity contribution is 6.77. The SMILES string of the molecule is CC(C)=CCC(C(=O)CC(=O)C[C@@H](C)O[Si](C(C)C)(C(C)C)C(C)C)C1=CC(=O)OC(C)(C)O1. The van der Waals surface area contributed by atoms with Gasteiger partial charge in [0.15, 0.2) is 5.78 Å². The zero-order valence-corrected chi connectivity index (χ0v) is 24.1. The summed E-state index contributed by atoms with van der Waals surface area (Å²) >= 11 is 0. The lowest BCUT2D eigenvalue weighted by Gasteiger charge is -2.44. The molecule has 0 fully saturated rings. The zero-order chi connectivity index (χ0) is 26.4. The molecule has 0 aromatic rings. The Bertz CT molecular complexity index is 780. The summed E-state index contributed by atoms with van der Waals surface area (Å²) in [6.07, 6.45) is 3.22. The van der Waals surface area contributed by atoms with Gasteiger partial charge in [-0.25, -0.2) is 4.79 Å². The van der Waals surface area contributed by atoms with Crippen molar-refractivity contribution < 1.29 is 28.3 Å². The van der Waals surface area contributed by atoms with Crippen molar-refractivity contribution >= 4 is 25.9 Å². The highest BCUT2D eigenvalue weighted by Crippen LogP contribution is 2.43. The van der Waals surface area contributed by atoms with Gasteiger partial charge in [0.2, 0.25) is 14.1 Å². The third-order valence-corrected chi connectivity index (χ3v) is 12.7. The highest BCUT2D eigenvalue weighted by Gasteiger charge is 2.46. The van der Waals surface area contributed by atoms with Gasteiger partial charge in [0.1, 0.15) is 11.5 Å². The Labute approximate surface area is 207 Å². The molecule has 0 saturated carbocycles. The second-order valence-corrected chi connectivity index (χ2v) is 16.6. The average Bonchev–Trinajstić information content (AvgIpc) is 2.63. The molecule has 0 aromatic carbocycles. The molecule has 0 saturated heterocycles. The van der Waals surface area contributed by atoms with E-state index >= 15 is 0 Å². The number of hydrogen-bond donors (Lipinski definition) is 0. The summed E-state index contributed by atoms with van der Waals surface area (Å²) in [4.78, 5) is 38.2. The topological polar surface area (TPSA) is 78.9 Å². The first kappa shape index (κ1) is 30.3. The van der Waals surface area contributed by atoms with Gasteiger partial charge in [-0.15, -0.1) is 0 Å². The Hall–Kier alpha value is -1.73. The smallest absolute Gasteiger partial charge is 0.337 e. The fourth-order valence-electron chi connectivity index (χ4n) is 5.16. The summed E-state index contributed by atoms with van der Waals surface area (Å²) in [6.45, 7) is 22.3. The number of Topliss-reactive ketones (excluding diaryl/α,β-unsaturated/α-hetero) is 2. The lowest BCUT2D eigenvalue weighted by molar-refractivity contribution is -0.208. The molecule has 6 nitrogen and oxygen atoms in total. The minimum atomic E-state index is -2.12. The van der Waals surface area contributed by atoms with E-state index in [4.69, 9.17) is 13.9 Å². The standard InChI is InChI=1S/C27H46O6Si/c1-17(2)12-13-23(25-16-26(30)32-27(10,11)31-25)24(29)15-22(28)14-21(9)33-34(18(3)4,19(5)6)20(7)8/h12,16,18-21,23H,13-15H2,1-11H3/t21-,23?/m1/s1. The molecule has 194 valence electrons. The molecule has 2 atom stereocenters. The summed E-state index contributed by atoms with van der Waals surface area (Å²) in [6, 6.07) is 0. The third kappa shape index (κ3) is 8.19. The fraction of sp³-hybridized carbons (Fsp3) is 0.741. The van der Waals surface area contributed by atoms with E-state index in [2.05, 4.69) is 41.5 Å². The van der Waals surface area contributed by atoms with Gasteiger partial charge < -0.3 is 13.9 Å². The van der Waals surface area contributed by atoms with Crippen LogP contribution in [0.2, 0.25) is 16.6 Å². The number of ether oxygens (including phenoxy) is 2. The third-order valence-electron chi connectivity index (χ3n) is 6.46. The maximum Gasteiger partial charge on any atom is 0.337 e. The van der Waals surface area contributed by atoms with E-state index in [9.17, 15) is 14.4 Å². The number of cyclic esters (lactones) is 1. The minimum absolute atomic E-state index is 0.155. The Morgan fingerprint density at radius 1 is 1.00 bits per heavy atom. The van der Waals surface area contributed by atoms with Gasteiger partial charge in [0, 0.05) is 26.4 Å². The number of hydrogen-bond acceptors (Lipinski definition) is 6. The number of allylic oxidation sites excluding steroid dienone is 3. The molecule has 0 amide bonds. The molecule has 0 N–H and O–H groups in total. The molecule has 0 aliphatic carbocycles. The van der Waals surface area contributed by atoms with Crippen molar-refractivity contribution in [3.05, 3.63) is 23.5 Å². The monoisotopic (exact) mass is 494 g/mol. The molecule has 0 radical (unpaired) electrons. The van der Waals surface area contributed by atoms with Crippen LogP contribution in [0.15, 0.2) is 23.5 Å². The van der Waals surface area contributed by atoms with Crippen molar-refractivity contribution in [3.63, 3.8) is 0 Å². The molecular formula is C27H46O6Si. The number of esters is 1. The number of rotatable bonds is 13. The summed E-state index contributed by atoms with van der Waals surface area (Å²) in [5.41, 5.74) is 2.29. The molecule has 1 unspecified atom stereocenters. The van der Waals surface area contributed by atoms with Gasteiger partial charge in [0.05, 0.1) is 18.4 Å². The van der Waals surface area contributed by atoms with Gasteiger partial charge in [-0.05, 0) is 43.8 Å². The van der Waals surface area contributed by atoms with Crippen LogP contribution in [0, 0.1) is 5.92 Å². The Balaban J connectivity index is 2.99. The predicted octanol–water partition coefficient (Wildman–Crippen LogP) is 6.65. The quantitative estimate of drug-likeness (QED) is 0.123. The second-order valence-electron chi connectivity index (χ2n) is 11.2. The van der Waals surface area contributed by atoms with Gasteiger partial charge >= 0.3 is 5.97 Å². The molecule has 1 heterocycles. The van der Waals surface area contributed by atoms with Crippen molar-refractivity contribution in [2.24, 2.45) is 5.92 Å². The number of ketones is 2. The maximum absolute atomic E-state index is 13.2. The Morgan fingerprint density at radius 3 is 1.97 bits per heavy atom. The van der Waals surface area contributed by atoms with Crippen LogP contribution in [0.25, 0.3) is 0 Å². The van der Waals surface area contributed by atoms with Crippen molar-refractivity contribution in [1.29, 1.82) is 0 Å². The van der Waals surface area contributed by atoms with E-state index < -0.39 is 26.0 Å². The maximum atomic E-state index is 13.2. The van der Waals surface area contributed by atoms with Crippen LogP contribution in [0.3, 0.4) is 0 Å². The molecule has 34 heavy (non-hydrogen) atoms. The summed E-state index contributed by atoms with van der Waals surface area (Å²) in [7, 11) is -2.12. The van der Waals surface area contributed by atoms with Gasteiger partial charge in [-0.2, -0.15) is 0 Å². The van der Waals surface area contributed by atoms with E-state index in [1.54, 1.807) is 13.8 Å². The van der Waals surface area contributed by atoms with Gasteiger partial charge in [-0.1, -0.05) is 53.2 Å². The van der Waals surface area contributed by atoms with Gasteiger partial charge in [0.25, 0.3) is 0 Å². The molecule has 1 aliphatic rings. The highest BCUT2D eigenvalue weighted by atomic mass is 28.4. The van der Waals surface area contributed by atoms with Crippen LogP contribution in [0.1, 0.15) is 95.4 Å². The normalized spacial score (nSPS) is 17.7. The van der Waals surface area contributed by atoms with Crippen molar-refractivity contribution in [2.75, 3.05) is 0 Å². The predicted molar refractivity (Wildman–Crippen MR) is 138 cm³/mol. The first-order valence-electron chi connectivity index (χ1n) is 12.5. The minimum Gasteiger partial charge on any atom is -0.456 e. The molecule has 0 aromatic heterocycles. The summed E-state index contributed by atoms with van der Waals surface area (Å²) < 4.78 is 17.6. The van der Waals surface area contributed by atoms with Crippen LogP contribution in [0.5, 0.6) is 0 Å². The zero-order valence-electron chi connectivity index (χ0n) is 23.1. The van der Waals surface area contributed by atoms with E-state index in [0.29, 0.717) is 23.0 Å². The number of carbonyl (C=O) groups excluding carboxylic acids is 3. The van der Waals surface area contributed by atoms with Crippen LogP contribution < -0.4 is 0 Å². The number of carbonyl (C=O) groups is 3. The molecule has 1 rings (SSSR count). The first-order valence-corrected chi connectivity index (χ1v) is 14.6. The average molecular weight is 495 g/mol. The van der Waals surface area contributed by atoms with E-state index in [1.807, 2.05) is 26.8 Å². The van der Waals surface area contributed by atoms with E-state index in [0.717, 1.165) is 5.57 Å². The van der Waals surface area contributed by atoms with Crippen molar-refractivity contribution in [3.8, 4) is 0 Å². The molecule has 1 aliphatic heterocycles. The molecular weight excluding hydrogens is 448 g/mol. The van der Waals surface area contributed by atoms with Crippen molar-refractivity contribution in [1.82, 2.24) is 0 Å². The van der Waals surface area contributed by atoms with E-state index in [1.165, 1.54) is 6.08 Å². The van der Waals surface area contributed by atoms with Gasteiger partial charge in [-0.3, -0.25) is 9.59 Å².